The summed E-state index contributed by atoms with van der Waals surface area (Å²) in [6, 6.07) is 0. The minimum atomic E-state index is -1.19. The molecule has 4 heteroatoms. The second-order valence-electron chi connectivity index (χ2n) is 5.84. The normalized spacial score (nSPS) is 16.9. The highest BCUT2D eigenvalue weighted by molar-refractivity contribution is 5.83. The highest BCUT2D eigenvalue weighted by atomic mass is 16.4. The lowest BCUT2D eigenvalue weighted by atomic mass is 9.69. The maximum absolute atomic E-state index is 11.4. The zero-order valence-corrected chi connectivity index (χ0v) is 11.4. The molecule has 0 bridgehead atoms. The molecule has 4 nitrogen and oxygen atoms in total. The molecule has 0 aromatic rings. The second kappa shape index (κ2) is 6.03. The highest BCUT2D eigenvalue weighted by Gasteiger charge is 2.45. The first-order chi connectivity index (χ1) is 7.61. The summed E-state index contributed by atoms with van der Waals surface area (Å²) in [6.07, 6.45) is 0.775. The molecule has 0 heterocycles. The van der Waals surface area contributed by atoms with E-state index in [1.54, 1.807) is 6.92 Å². The zero-order valence-electron chi connectivity index (χ0n) is 11.4. The van der Waals surface area contributed by atoms with Gasteiger partial charge in [-0.15, -0.1) is 0 Å². The summed E-state index contributed by atoms with van der Waals surface area (Å²) in [4.78, 5) is 22.7. The van der Waals surface area contributed by atoms with Crippen LogP contribution in [0.3, 0.4) is 0 Å². The van der Waals surface area contributed by atoms with Gasteiger partial charge in [-0.05, 0) is 31.6 Å². The molecule has 0 spiro atoms. The van der Waals surface area contributed by atoms with Gasteiger partial charge >= 0.3 is 11.9 Å². The van der Waals surface area contributed by atoms with Crippen LogP contribution in [0.4, 0.5) is 0 Å². The Balaban J connectivity index is 5.22. The summed E-state index contributed by atoms with van der Waals surface area (Å²) in [7, 11) is 0. The van der Waals surface area contributed by atoms with Crippen molar-refractivity contribution in [3.8, 4) is 0 Å². The average Bonchev–Trinajstić information content (AvgIpc) is 2.11. The molecular weight excluding hydrogens is 220 g/mol. The predicted octanol–water partition coefficient (Wildman–Crippen LogP) is 2.87. The zero-order chi connectivity index (χ0) is 13.8. The molecule has 0 radical (unpaired) electrons. The van der Waals surface area contributed by atoms with Gasteiger partial charge in [-0.3, -0.25) is 9.59 Å². The van der Waals surface area contributed by atoms with Crippen molar-refractivity contribution in [2.24, 2.45) is 23.2 Å². The van der Waals surface area contributed by atoms with Crippen LogP contribution in [0.2, 0.25) is 0 Å². The van der Waals surface area contributed by atoms with Gasteiger partial charge < -0.3 is 10.2 Å². The molecule has 0 saturated carbocycles. The van der Waals surface area contributed by atoms with Gasteiger partial charge in [0.15, 0.2) is 0 Å². The van der Waals surface area contributed by atoms with Crippen LogP contribution in [0.15, 0.2) is 0 Å². The van der Waals surface area contributed by atoms with E-state index in [-0.39, 0.29) is 11.8 Å². The summed E-state index contributed by atoms with van der Waals surface area (Å²) in [5.41, 5.74) is -1.19. The van der Waals surface area contributed by atoms with E-state index in [2.05, 4.69) is 0 Å². The van der Waals surface area contributed by atoms with Gasteiger partial charge in [-0.1, -0.05) is 27.7 Å². The maximum Gasteiger partial charge on any atom is 0.310 e. The number of carboxylic acids is 2. The molecule has 0 aliphatic rings. The molecule has 0 aliphatic heterocycles. The number of carbonyl (C=O) groups is 2. The molecule has 0 aromatic heterocycles. The smallest absolute Gasteiger partial charge is 0.310 e. The first-order valence-corrected chi connectivity index (χ1v) is 6.07. The fourth-order valence-corrected chi connectivity index (χ4v) is 2.33. The summed E-state index contributed by atoms with van der Waals surface area (Å²) in [5.74, 6) is -2.53. The van der Waals surface area contributed by atoms with Crippen molar-refractivity contribution in [1.82, 2.24) is 0 Å². The molecule has 17 heavy (non-hydrogen) atoms. The number of aliphatic carboxylic acids is 2. The number of carboxylic acid groups (broad SMARTS) is 2. The van der Waals surface area contributed by atoms with E-state index in [1.807, 2.05) is 27.7 Å². The van der Waals surface area contributed by atoms with E-state index in [4.69, 9.17) is 0 Å². The van der Waals surface area contributed by atoms with Crippen LogP contribution in [-0.4, -0.2) is 22.2 Å². The summed E-state index contributed by atoms with van der Waals surface area (Å²) < 4.78 is 0. The fraction of sp³-hybridized carbons (Fsp3) is 0.846. The van der Waals surface area contributed by atoms with E-state index >= 15 is 0 Å². The van der Waals surface area contributed by atoms with Crippen LogP contribution in [-0.2, 0) is 9.59 Å². The van der Waals surface area contributed by atoms with Crippen LogP contribution in [0.5, 0.6) is 0 Å². The van der Waals surface area contributed by atoms with Crippen molar-refractivity contribution in [1.29, 1.82) is 0 Å². The molecule has 0 aliphatic carbocycles. The molecule has 0 fully saturated rings. The third-order valence-corrected chi connectivity index (χ3v) is 3.10. The minimum Gasteiger partial charge on any atom is -0.481 e. The quantitative estimate of drug-likeness (QED) is 0.722. The summed E-state index contributed by atoms with van der Waals surface area (Å²) in [6.45, 7) is 9.20. The molecule has 100 valence electrons. The lowest BCUT2D eigenvalue weighted by Gasteiger charge is -2.33. The summed E-state index contributed by atoms with van der Waals surface area (Å²) >= 11 is 0. The van der Waals surface area contributed by atoms with Gasteiger partial charge in [-0.2, -0.15) is 0 Å². The lowest BCUT2D eigenvalue weighted by molar-refractivity contribution is -0.163. The van der Waals surface area contributed by atoms with E-state index in [0.717, 1.165) is 0 Å². The molecule has 2 N–H and O–H groups in total. The maximum atomic E-state index is 11.4. The standard InChI is InChI=1S/C13H24O4/c1-8(2)6-10(11(14)15)13(5,12(16)17)7-9(3)4/h8-10H,6-7H2,1-5H3,(H,14,15)(H,16,17). The van der Waals surface area contributed by atoms with Gasteiger partial charge in [0.2, 0.25) is 0 Å². The van der Waals surface area contributed by atoms with Crippen molar-refractivity contribution < 1.29 is 19.8 Å². The Bertz CT molecular complexity index is 283. The summed E-state index contributed by atoms with van der Waals surface area (Å²) in [5, 5.41) is 18.6. The fourth-order valence-electron chi connectivity index (χ4n) is 2.33. The van der Waals surface area contributed by atoms with Gasteiger partial charge in [0.1, 0.15) is 0 Å². The molecule has 0 amide bonds. The van der Waals surface area contributed by atoms with Crippen LogP contribution in [0, 0.1) is 23.2 Å². The second-order valence-corrected chi connectivity index (χ2v) is 5.84. The Morgan fingerprint density at radius 3 is 1.76 bits per heavy atom. The third kappa shape index (κ3) is 4.36. The third-order valence-electron chi connectivity index (χ3n) is 3.10. The van der Waals surface area contributed by atoms with Crippen molar-refractivity contribution in [3.05, 3.63) is 0 Å². The lowest BCUT2D eigenvalue weighted by Crippen LogP contribution is -2.42. The molecule has 0 saturated heterocycles. The van der Waals surface area contributed by atoms with Crippen LogP contribution >= 0.6 is 0 Å². The molecule has 2 unspecified atom stereocenters. The monoisotopic (exact) mass is 244 g/mol. The Morgan fingerprint density at radius 2 is 1.53 bits per heavy atom. The van der Waals surface area contributed by atoms with Gasteiger partial charge in [0.25, 0.3) is 0 Å². The van der Waals surface area contributed by atoms with Crippen molar-refractivity contribution in [2.45, 2.75) is 47.5 Å². The van der Waals surface area contributed by atoms with E-state index in [9.17, 15) is 19.8 Å². The Morgan fingerprint density at radius 1 is 1.06 bits per heavy atom. The van der Waals surface area contributed by atoms with Gasteiger partial charge in [-0.25, -0.2) is 0 Å². The van der Waals surface area contributed by atoms with Crippen LogP contribution in [0.25, 0.3) is 0 Å². The molecule has 0 rings (SSSR count). The van der Waals surface area contributed by atoms with Crippen molar-refractivity contribution in [2.75, 3.05) is 0 Å². The van der Waals surface area contributed by atoms with Crippen LogP contribution < -0.4 is 0 Å². The largest absolute Gasteiger partial charge is 0.481 e. The van der Waals surface area contributed by atoms with Gasteiger partial charge in [0, 0.05) is 0 Å². The Kier molecular flexibility index (Phi) is 5.66. The van der Waals surface area contributed by atoms with Crippen molar-refractivity contribution in [3.63, 3.8) is 0 Å². The first kappa shape index (κ1) is 15.9. The molecular formula is C13H24O4. The average molecular weight is 244 g/mol. The SMILES string of the molecule is CC(C)CC(C(=O)O)C(C)(CC(C)C)C(=O)O. The number of hydrogen-bond acceptors (Lipinski definition) is 2. The topological polar surface area (TPSA) is 74.6 Å². The minimum absolute atomic E-state index is 0.158. The number of hydrogen-bond donors (Lipinski definition) is 2. The predicted molar refractivity (Wildman–Crippen MR) is 65.8 cm³/mol. The van der Waals surface area contributed by atoms with Crippen molar-refractivity contribution >= 4 is 11.9 Å². The Labute approximate surface area is 103 Å². The van der Waals surface area contributed by atoms with E-state index < -0.39 is 23.3 Å². The first-order valence-electron chi connectivity index (χ1n) is 6.07. The van der Waals surface area contributed by atoms with Gasteiger partial charge in [0.05, 0.1) is 11.3 Å². The van der Waals surface area contributed by atoms with E-state index in [1.165, 1.54) is 0 Å². The Hall–Kier alpha value is -1.06. The highest BCUT2D eigenvalue weighted by Crippen LogP contribution is 2.38. The van der Waals surface area contributed by atoms with Crippen LogP contribution in [0.1, 0.15) is 47.5 Å². The molecule has 0 aromatic carbocycles. The van der Waals surface area contributed by atoms with E-state index in [0.29, 0.717) is 12.8 Å². The number of rotatable bonds is 7. The molecule has 2 atom stereocenters.